The van der Waals surface area contributed by atoms with Gasteiger partial charge in [0.25, 0.3) is 11.7 Å². The van der Waals surface area contributed by atoms with E-state index in [2.05, 4.69) is 32.5 Å². The molecule has 1 aromatic carbocycles. The fraction of sp³-hybridized carbons (Fsp3) is 0.581. The number of hydrogen-bond acceptors (Lipinski definition) is 8. The Morgan fingerprint density at radius 3 is 2.06 bits per heavy atom. The van der Waals surface area contributed by atoms with Crippen molar-refractivity contribution in [2.24, 2.45) is 7.05 Å². The van der Waals surface area contributed by atoms with E-state index in [1.165, 1.54) is 0 Å². The Kier molecular flexibility index (Phi) is 13.8. The van der Waals surface area contributed by atoms with Crippen molar-refractivity contribution in [3.8, 4) is 11.1 Å². The van der Waals surface area contributed by atoms with Crippen molar-refractivity contribution in [1.29, 1.82) is 0 Å². The predicted molar refractivity (Wildman–Crippen MR) is 164 cm³/mol. The Balaban J connectivity index is 0.000000984. The van der Waals surface area contributed by atoms with Crippen molar-refractivity contribution in [2.75, 3.05) is 40.5 Å². The number of carboxylic acids is 1. The molecule has 1 N–H and O–H groups in total. The van der Waals surface area contributed by atoms with Crippen LogP contribution in [0.4, 0.5) is 18.0 Å². The lowest BCUT2D eigenvalue weighted by molar-refractivity contribution is -0.676. The number of fused-ring (bicyclic) bond motifs is 1. The lowest BCUT2D eigenvalue weighted by atomic mass is 10.0. The molecule has 0 bridgehead atoms. The monoisotopic (exact) mass is 670 g/mol. The van der Waals surface area contributed by atoms with Crippen LogP contribution >= 0.6 is 0 Å². The van der Waals surface area contributed by atoms with E-state index in [1.54, 1.807) is 23.8 Å². The van der Waals surface area contributed by atoms with Crippen LogP contribution in [0.1, 0.15) is 56.5 Å². The van der Waals surface area contributed by atoms with Crippen molar-refractivity contribution in [1.82, 2.24) is 24.6 Å². The summed E-state index contributed by atoms with van der Waals surface area (Å²) in [5, 5.41) is 16.2. The van der Waals surface area contributed by atoms with E-state index >= 15 is 0 Å². The van der Waals surface area contributed by atoms with Crippen LogP contribution in [-0.4, -0.2) is 89.5 Å². The van der Waals surface area contributed by atoms with Crippen molar-refractivity contribution >= 4 is 29.0 Å². The van der Waals surface area contributed by atoms with Gasteiger partial charge in [0, 0.05) is 46.1 Å². The molecule has 3 aromatic rings. The van der Waals surface area contributed by atoms with E-state index in [-0.39, 0.29) is 12.5 Å². The highest BCUT2D eigenvalue weighted by Crippen LogP contribution is 2.30. The summed E-state index contributed by atoms with van der Waals surface area (Å²) in [4.78, 5) is 37.3. The number of carboxylic acid groups (broad SMARTS) is 1. The van der Waals surface area contributed by atoms with Gasteiger partial charge in [-0.1, -0.05) is 0 Å². The summed E-state index contributed by atoms with van der Waals surface area (Å²) in [5.41, 5.74) is 4.44. The molecule has 2 amide bonds. The van der Waals surface area contributed by atoms with Crippen molar-refractivity contribution in [3.05, 3.63) is 35.4 Å². The highest BCUT2D eigenvalue weighted by molar-refractivity contribution is 6.05. The van der Waals surface area contributed by atoms with Crippen molar-refractivity contribution < 1.29 is 51.4 Å². The molecule has 13 nitrogen and oxygen atoms in total. The minimum atomic E-state index is -5.19. The van der Waals surface area contributed by atoms with Crippen molar-refractivity contribution in [2.45, 2.75) is 73.0 Å². The number of carbonyl (C=O) groups is 3. The second-order valence-corrected chi connectivity index (χ2v) is 11.5. The molecule has 0 unspecified atom stereocenters. The van der Waals surface area contributed by atoms with Crippen LogP contribution in [0.15, 0.2) is 18.3 Å². The maximum Gasteiger partial charge on any atom is 0.430 e. The molecule has 0 saturated heterocycles. The number of alkyl carbamates (subject to hydrolysis) is 1. The molecule has 0 atom stereocenters. The number of aliphatic carboxylic acids is 1. The fourth-order valence-electron chi connectivity index (χ4n) is 4.96. The number of methoxy groups -OCH3 is 2. The second kappa shape index (κ2) is 16.6. The number of carbonyl (C=O) groups excluding carboxylic acids is 3. The van der Waals surface area contributed by atoms with Gasteiger partial charge < -0.3 is 34.3 Å². The molecular formula is C31H45F3N6O7. The number of alkyl halides is 3. The lowest BCUT2D eigenvalue weighted by Gasteiger charge is -2.22. The molecular weight excluding hydrogens is 625 g/mol. The first-order valence-electron chi connectivity index (χ1n) is 15.0. The van der Waals surface area contributed by atoms with Gasteiger partial charge in [0.1, 0.15) is 18.1 Å². The standard InChI is InChI=1S/C29H44N6O5.C2HF3O2/c1-10-34-24-17-21(23-19-32(7)31-20(23)3)16-22(27(36)33(12-14-38-8)13-15-39-9)26(24)35(11-2)25(34)18-30-28(37)40-29(4,5)6;3-2(4,5)1(6)7/h16-17,19H,10-15,18H2,1-9H3;(H,6,7). The van der Waals surface area contributed by atoms with E-state index in [0.29, 0.717) is 45.0 Å². The minimum Gasteiger partial charge on any atom is -0.542 e. The zero-order valence-corrected chi connectivity index (χ0v) is 28.4. The van der Waals surface area contributed by atoms with Crippen molar-refractivity contribution in [3.63, 3.8) is 0 Å². The smallest absolute Gasteiger partial charge is 0.430 e. The van der Waals surface area contributed by atoms with Crippen LogP contribution < -0.4 is 15.0 Å². The summed E-state index contributed by atoms with van der Waals surface area (Å²) >= 11 is 0. The van der Waals surface area contributed by atoms with Gasteiger partial charge in [-0.2, -0.15) is 18.3 Å². The molecule has 3 rings (SSSR count). The number of amides is 2. The van der Waals surface area contributed by atoms with Crippen LogP contribution in [0.2, 0.25) is 0 Å². The number of imidazole rings is 1. The SMILES string of the molecule is CCn1c(CNC(=O)OC(C)(C)C)[n+](CC)c2c(C(=O)N(CCOC)CCOC)cc(-c3cn(C)nc3C)cc21.O=C([O-])C(F)(F)F. The average molecular weight is 671 g/mol. The highest BCUT2D eigenvalue weighted by atomic mass is 19.4. The first kappa shape index (κ1) is 39.0. The normalized spacial score (nSPS) is 11.7. The number of nitrogens with zero attached hydrogens (tertiary/aromatic N) is 5. The lowest BCUT2D eigenvalue weighted by Crippen LogP contribution is -2.43. The van der Waals surface area contributed by atoms with E-state index < -0.39 is 23.8 Å². The summed E-state index contributed by atoms with van der Waals surface area (Å²) in [6.45, 7) is 14.8. The summed E-state index contributed by atoms with van der Waals surface area (Å²) < 4.78 is 53.7. The van der Waals surface area contributed by atoms with Gasteiger partial charge in [0.05, 0.1) is 37.6 Å². The summed E-state index contributed by atoms with van der Waals surface area (Å²) in [5.74, 6) is -2.24. The Morgan fingerprint density at radius 1 is 1.06 bits per heavy atom. The molecule has 16 heteroatoms. The third kappa shape index (κ3) is 10.4. The van der Waals surface area contributed by atoms with Gasteiger partial charge in [-0.05, 0) is 59.2 Å². The van der Waals surface area contributed by atoms with Gasteiger partial charge >= 0.3 is 12.3 Å². The van der Waals surface area contributed by atoms with Gasteiger partial charge in [0.15, 0.2) is 11.0 Å². The Morgan fingerprint density at radius 2 is 1.64 bits per heavy atom. The van der Waals surface area contributed by atoms with Crippen LogP contribution in [0, 0.1) is 6.92 Å². The third-order valence-electron chi connectivity index (χ3n) is 6.90. The van der Waals surface area contributed by atoms with E-state index in [1.807, 2.05) is 53.9 Å². The molecule has 262 valence electrons. The molecule has 2 heterocycles. The molecule has 47 heavy (non-hydrogen) atoms. The quantitative estimate of drug-likeness (QED) is 0.290. The number of halogens is 3. The van der Waals surface area contributed by atoms with E-state index in [9.17, 15) is 22.8 Å². The highest BCUT2D eigenvalue weighted by Gasteiger charge is 2.32. The number of rotatable bonds is 12. The molecule has 2 aromatic heterocycles. The molecule has 0 radical (unpaired) electrons. The zero-order valence-electron chi connectivity index (χ0n) is 28.4. The average Bonchev–Trinajstić information content (AvgIpc) is 3.48. The first-order chi connectivity index (χ1) is 21.9. The summed E-state index contributed by atoms with van der Waals surface area (Å²) in [6, 6.07) is 4.07. The maximum absolute atomic E-state index is 14.2. The minimum absolute atomic E-state index is 0.107. The number of aromatic nitrogens is 4. The van der Waals surface area contributed by atoms with Crippen LogP contribution in [0.5, 0.6) is 0 Å². The number of hydrogen-bond donors (Lipinski definition) is 1. The third-order valence-corrected chi connectivity index (χ3v) is 6.90. The molecule has 0 aliphatic heterocycles. The summed E-state index contributed by atoms with van der Waals surface area (Å²) in [6.07, 6.45) is -3.72. The number of ether oxygens (including phenoxy) is 3. The van der Waals surface area contributed by atoms with Crippen LogP contribution in [0.25, 0.3) is 22.2 Å². The Hall–Kier alpha value is -4.18. The molecule has 0 spiro atoms. The molecule has 0 aliphatic rings. The maximum atomic E-state index is 14.2. The van der Waals surface area contributed by atoms with Gasteiger partial charge in [-0.25, -0.2) is 13.9 Å². The Bertz CT molecular complexity index is 1540. The number of nitrogens with one attached hydrogen (secondary N) is 1. The molecule has 0 aliphatic carbocycles. The second-order valence-electron chi connectivity index (χ2n) is 11.5. The predicted octanol–water partition coefficient (Wildman–Crippen LogP) is 2.74. The largest absolute Gasteiger partial charge is 0.542 e. The number of benzene rings is 1. The van der Waals surface area contributed by atoms with Gasteiger partial charge in [0.2, 0.25) is 0 Å². The van der Waals surface area contributed by atoms with Gasteiger partial charge in [-0.3, -0.25) is 9.48 Å². The van der Waals surface area contributed by atoms with Crippen LogP contribution in [0.3, 0.4) is 0 Å². The Labute approximate surface area is 272 Å². The van der Waals surface area contributed by atoms with Crippen LogP contribution in [-0.2, 0) is 45.7 Å². The van der Waals surface area contributed by atoms with E-state index in [4.69, 9.17) is 24.1 Å². The number of aryl methyl sites for hydroxylation is 4. The zero-order chi connectivity index (χ0) is 35.7. The first-order valence-corrected chi connectivity index (χ1v) is 15.0. The fourth-order valence-corrected chi connectivity index (χ4v) is 4.96. The molecule has 0 fully saturated rings. The van der Waals surface area contributed by atoms with Gasteiger partial charge in [-0.15, -0.1) is 0 Å². The summed E-state index contributed by atoms with van der Waals surface area (Å²) in [7, 11) is 5.14. The molecule has 0 saturated carbocycles. The van der Waals surface area contributed by atoms with E-state index in [0.717, 1.165) is 33.7 Å². The topological polar surface area (TPSA) is 144 Å².